The number of sulfonamides is 1. The van der Waals surface area contributed by atoms with E-state index in [1.807, 2.05) is 0 Å². The van der Waals surface area contributed by atoms with Crippen LogP contribution in [0.4, 0.5) is 5.69 Å². The van der Waals surface area contributed by atoms with Crippen molar-refractivity contribution < 1.29 is 23.2 Å². The maximum atomic E-state index is 12.4. The van der Waals surface area contributed by atoms with Crippen molar-refractivity contribution in [3.63, 3.8) is 0 Å². The zero-order chi connectivity index (χ0) is 15.8. The van der Waals surface area contributed by atoms with Crippen LogP contribution in [0.1, 0.15) is 12.8 Å². The molecule has 0 atom stereocenters. The van der Waals surface area contributed by atoms with E-state index in [4.69, 9.17) is 16.7 Å². The molecule has 0 spiro atoms. The average Bonchev–Trinajstić information content (AvgIpc) is 3.07. The van der Waals surface area contributed by atoms with E-state index < -0.39 is 33.1 Å². The van der Waals surface area contributed by atoms with Crippen molar-refractivity contribution in [3.05, 3.63) is 20.5 Å². The predicted octanol–water partition coefficient (Wildman–Crippen LogP) is 1.80. The zero-order valence-corrected chi connectivity index (χ0v) is 12.9. The van der Waals surface area contributed by atoms with Gasteiger partial charge in [0, 0.05) is 12.6 Å². The average molecular weight is 355 g/mol. The van der Waals surface area contributed by atoms with Crippen LogP contribution in [0.2, 0.25) is 4.34 Å². The number of aliphatic carboxylic acids is 1. The van der Waals surface area contributed by atoms with Crippen molar-refractivity contribution in [2.45, 2.75) is 17.1 Å². The van der Waals surface area contributed by atoms with Gasteiger partial charge >= 0.3 is 5.97 Å². The first-order valence-electron chi connectivity index (χ1n) is 5.87. The summed E-state index contributed by atoms with van der Waals surface area (Å²) in [5.74, 6) is -1.14. The number of nitrogens with zero attached hydrogens (tertiary/aromatic N) is 2. The summed E-state index contributed by atoms with van der Waals surface area (Å²) in [6, 6.07) is 0.865. The molecule has 1 aromatic rings. The third-order valence-corrected chi connectivity index (χ3v) is 6.51. The van der Waals surface area contributed by atoms with Gasteiger partial charge in [0.1, 0.15) is 10.8 Å². The molecule has 11 heteroatoms. The minimum Gasteiger partial charge on any atom is -0.480 e. The number of carbonyl (C=O) groups is 1. The van der Waals surface area contributed by atoms with Crippen LogP contribution >= 0.6 is 22.9 Å². The monoisotopic (exact) mass is 354 g/mol. The van der Waals surface area contributed by atoms with E-state index in [0.717, 1.165) is 23.2 Å². The Morgan fingerprint density at radius 3 is 2.62 bits per heavy atom. The SMILES string of the molecule is O=C(O)CN(CC1CC1)S(=O)(=O)c1cc([N+](=O)[O-])c(Cl)s1. The number of rotatable bonds is 7. The molecule has 1 heterocycles. The fourth-order valence-electron chi connectivity index (χ4n) is 1.70. The van der Waals surface area contributed by atoms with Crippen molar-refractivity contribution in [1.82, 2.24) is 4.31 Å². The van der Waals surface area contributed by atoms with E-state index in [-0.39, 0.29) is 21.0 Å². The molecular weight excluding hydrogens is 344 g/mol. The van der Waals surface area contributed by atoms with Crippen LogP contribution in [0.3, 0.4) is 0 Å². The highest BCUT2D eigenvalue weighted by molar-refractivity contribution is 7.91. The number of nitro groups is 1. The molecule has 0 amide bonds. The van der Waals surface area contributed by atoms with Crippen LogP contribution < -0.4 is 0 Å². The Labute approximate surface area is 129 Å². The Morgan fingerprint density at radius 1 is 1.57 bits per heavy atom. The Balaban J connectivity index is 2.34. The molecule has 1 N–H and O–H groups in total. The summed E-state index contributed by atoms with van der Waals surface area (Å²) in [5, 5.41) is 19.6. The lowest BCUT2D eigenvalue weighted by molar-refractivity contribution is -0.384. The van der Waals surface area contributed by atoms with Gasteiger partial charge in [0.05, 0.1) is 4.92 Å². The normalized spacial score (nSPS) is 15.3. The lowest BCUT2D eigenvalue weighted by Crippen LogP contribution is -2.36. The molecule has 1 aliphatic carbocycles. The molecule has 0 saturated heterocycles. The van der Waals surface area contributed by atoms with E-state index in [9.17, 15) is 23.3 Å². The van der Waals surface area contributed by atoms with E-state index >= 15 is 0 Å². The van der Waals surface area contributed by atoms with Gasteiger partial charge in [-0.1, -0.05) is 11.6 Å². The van der Waals surface area contributed by atoms with Gasteiger partial charge in [-0.3, -0.25) is 14.9 Å². The first kappa shape index (κ1) is 16.1. The van der Waals surface area contributed by atoms with Gasteiger partial charge in [-0.2, -0.15) is 4.31 Å². The smallest absolute Gasteiger partial charge is 0.318 e. The largest absolute Gasteiger partial charge is 0.480 e. The van der Waals surface area contributed by atoms with E-state index in [2.05, 4.69) is 0 Å². The third-order valence-electron chi connectivity index (χ3n) is 2.91. The van der Waals surface area contributed by atoms with E-state index in [1.165, 1.54) is 0 Å². The van der Waals surface area contributed by atoms with E-state index in [0.29, 0.717) is 11.3 Å². The molecule has 1 aromatic heterocycles. The minimum absolute atomic E-state index is 0.0952. The van der Waals surface area contributed by atoms with Gasteiger partial charge < -0.3 is 5.11 Å². The highest BCUT2D eigenvalue weighted by atomic mass is 35.5. The van der Waals surface area contributed by atoms with Crippen molar-refractivity contribution in [3.8, 4) is 0 Å². The topological polar surface area (TPSA) is 118 Å². The quantitative estimate of drug-likeness (QED) is 0.589. The fraction of sp³-hybridized carbons (Fsp3) is 0.500. The predicted molar refractivity (Wildman–Crippen MR) is 75.1 cm³/mol. The van der Waals surface area contributed by atoms with Crippen LogP contribution in [0.15, 0.2) is 10.3 Å². The number of carboxylic acids is 1. The van der Waals surface area contributed by atoms with E-state index in [1.54, 1.807) is 0 Å². The molecule has 0 bridgehead atoms. The summed E-state index contributed by atoms with van der Waals surface area (Å²) in [7, 11) is -4.10. The molecule has 21 heavy (non-hydrogen) atoms. The molecular formula is C10H11ClN2O6S2. The second-order valence-electron chi connectivity index (χ2n) is 4.62. The molecule has 116 valence electrons. The van der Waals surface area contributed by atoms with Gasteiger partial charge in [0.2, 0.25) is 0 Å². The molecule has 0 radical (unpaired) electrons. The molecule has 0 unspecified atom stereocenters. The highest BCUT2D eigenvalue weighted by Crippen LogP contribution is 2.38. The van der Waals surface area contributed by atoms with Gasteiger partial charge in [-0.05, 0) is 18.8 Å². The third kappa shape index (κ3) is 3.70. The summed E-state index contributed by atoms with van der Waals surface area (Å²) in [4.78, 5) is 20.8. The zero-order valence-electron chi connectivity index (χ0n) is 10.6. The first-order valence-corrected chi connectivity index (χ1v) is 8.51. The van der Waals surface area contributed by atoms with Gasteiger partial charge in [-0.15, -0.1) is 11.3 Å². The number of carboxylic acid groups (broad SMARTS) is 1. The summed E-state index contributed by atoms with van der Waals surface area (Å²) in [6.07, 6.45) is 1.69. The van der Waals surface area contributed by atoms with Crippen molar-refractivity contribution in [2.24, 2.45) is 5.92 Å². The van der Waals surface area contributed by atoms with Crippen LogP contribution in [-0.4, -0.2) is 41.8 Å². The number of thiophene rings is 1. The Bertz CT molecular complexity index is 682. The number of hydrogen-bond acceptors (Lipinski definition) is 6. The van der Waals surface area contributed by atoms with Crippen LogP contribution in [0, 0.1) is 16.0 Å². The van der Waals surface area contributed by atoms with Crippen molar-refractivity contribution in [1.29, 1.82) is 0 Å². The maximum Gasteiger partial charge on any atom is 0.318 e. The van der Waals surface area contributed by atoms with Gasteiger partial charge in [-0.25, -0.2) is 8.42 Å². The first-order chi connectivity index (χ1) is 9.71. The molecule has 8 nitrogen and oxygen atoms in total. The lowest BCUT2D eigenvalue weighted by Gasteiger charge is -2.18. The highest BCUT2D eigenvalue weighted by Gasteiger charge is 2.35. The molecule has 1 aliphatic rings. The summed E-state index contributed by atoms with van der Waals surface area (Å²) in [6.45, 7) is -0.583. The molecule has 2 rings (SSSR count). The fourth-order valence-corrected chi connectivity index (χ4v) is 4.99. The molecule has 0 aromatic carbocycles. The second-order valence-corrected chi connectivity index (χ2v) is 8.44. The standard InChI is InChI=1S/C10H11ClN2O6S2/c11-10-7(13(16)17)3-9(20-10)21(18,19)12(5-8(14)15)4-6-1-2-6/h3,6H,1-2,4-5H2,(H,14,15). The Kier molecular flexibility index (Phi) is 4.51. The molecule has 0 aliphatic heterocycles. The van der Waals surface area contributed by atoms with Crippen molar-refractivity contribution in [2.75, 3.05) is 13.1 Å². The summed E-state index contributed by atoms with van der Waals surface area (Å²) < 4.78 is 25.1. The van der Waals surface area contributed by atoms with Gasteiger partial charge in [0.25, 0.3) is 15.7 Å². The lowest BCUT2D eigenvalue weighted by atomic mass is 10.4. The Hall–Kier alpha value is -1.23. The second kappa shape index (κ2) is 5.87. The van der Waals surface area contributed by atoms with Gasteiger partial charge in [0.15, 0.2) is 4.34 Å². The summed E-state index contributed by atoms with van der Waals surface area (Å²) in [5.41, 5.74) is -0.498. The van der Waals surface area contributed by atoms with Crippen LogP contribution in [0.5, 0.6) is 0 Å². The van der Waals surface area contributed by atoms with Crippen LogP contribution in [0.25, 0.3) is 0 Å². The van der Waals surface area contributed by atoms with Crippen LogP contribution in [-0.2, 0) is 14.8 Å². The number of hydrogen-bond donors (Lipinski definition) is 1. The van der Waals surface area contributed by atoms with Crippen molar-refractivity contribution >= 4 is 44.6 Å². The minimum atomic E-state index is -4.10. The molecule has 1 fully saturated rings. The molecule has 1 saturated carbocycles. The number of halogens is 1. The maximum absolute atomic E-state index is 12.4. The summed E-state index contributed by atoms with van der Waals surface area (Å²) >= 11 is 6.21. The Morgan fingerprint density at radius 2 is 2.19 bits per heavy atom.